The van der Waals surface area contributed by atoms with Crippen molar-refractivity contribution in [1.29, 1.82) is 0 Å². The summed E-state index contributed by atoms with van der Waals surface area (Å²) in [6, 6.07) is 19.9. The van der Waals surface area contributed by atoms with Crippen LogP contribution in [0.25, 0.3) is 0 Å². The largest absolute Gasteiger partial charge is 0.444 e. The smallest absolute Gasteiger partial charge is 0.411 e. The molecule has 2 heterocycles. The zero-order valence-electron chi connectivity index (χ0n) is 34.3. The van der Waals surface area contributed by atoms with E-state index in [-0.39, 0.29) is 51.5 Å². The van der Waals surface area contributed by atoms with Crippen LogP contribution in [0, 0.1) is 0 Å². The van der Waals surface area contributed by atoms with Crippen molar-refractivity contribution in [3.8, 4) is 0 Å². The third-order valence-corrected chi connectivity index (χ3v) is 11.1. The Morgan fingerprint density at radius 2 is 1.50 bits per heavy atom. The Morgan fingerprint density at radius 3 is 2.10 bits per heavy atom. The van der Waals surface area contributed by atoms with Crippen LogP contribution in [0.2, 0.25) is 5.02 Å². The third kappa shape index (κ3) is 11.9. The van der Waals surface area contributed by atoms with Gasteiger partial charge in [-0.2, -0.15) is 0 Å². The summed E-state index contributed by atoms with van der Waals surface area (Å²) in [6.45, 7) is 12.1. The predicted molar refractivity (Wildman–Crippen MR) is 224 cm³/mol. The molecule has 3 aromatic carbocycles. The number of piperazine rings is 1. The summed E-state index contributed by atoms with van der Waals surface area (Å²) >= 11 is 6.17. The van der Waals surface area contributed by atoms with Crippen LogP contribution in [0.5, 0.6) is 0 Å². The van der Waals surface area contributed by atoms with E-state index in [9.17, 15) is 27.6 Å². The Morgan fingerprint density at radius 1 is 0.879 bits per heavy atom. The number of ether oxygens (including phenoxy) is 1. The van der Waals surface area contributed by atoms with Gasteiger partial charge in [-0.15, -0.1) is 0 Å². The number of rotatable bonds is 13. The molecule has 1 N–H and O–H groups in total. The van der Waals surface area contributed by atoms with Crippen molar-refractivity contribution in [2.45, 2.75) is 84.2 Å². The van der Waals surface area contributed by atoms with Crippen molar-refractivity contribution in [2.24, 2.45) is 0 Å². The fraction of sp³-hybridized carbons (Fsp3) is 0.476. The van der Waals surface area contributed by atoms with E-state index in [1.807, 2.05) is 53.4 Å². The van der Waals surface area contributed by atoms with Gasteiger partial charge in [-0.25, -0.2) is 18.3 Å². The average molecular weight is 839 g/mol. The SMILES string of the molecule is CC(C)(C)OC(=O)N1Cc2ccccc2C[C@H]1C(=O)N[C@H](Cc1ccc(Cl)cc1)C(=O)N1CCN(c2ccccc2N(CCN(C=O)OC(C)(C)C)S(C)(=O)=O)CC1. The van der Waals surface area contributed by atoms with Gasteiger partial charge in [0.15, 0.2) is 0 Å². The molecule has 1 fully saturated rings. The standard InChI is InChI=1S/C42H55ClN6O8S/c1-41(2,3)56-40(53)48-28-32-13-9-8-12-31(32)27-37(48)38(51)44-34(26-30-16-18-33(43)19-17-30)39(52)46-22-20-45(21-23-46)35-14-10-11-15-36(35)49(58(7,54)55)25-24-47(29-50)57-42(4,5)6/h8-19,29,34,37H,20-28H2,1-7H3,(H,44,51)/t34-,37+/m1/s1. The van der Waals surface area contributed by atoms with Crippen molar-refractivity contribution >= 4 is 57.3 Å². The number of nitrogens with one attached hydrogen (secondary N) is 1. The first-order valence-corrected chi connectivity index (χ1v) is 21.6. The van der Waals surface area contributed by atoms with Gasteiger partial charge < -0.3 is 19.9 Å². The highest BCUT2D eigenvalue weighted by Crippen LogP contribution is 2.32. The second-order valence-electron chi connectivity index (χ2n) is 16.6. The van der Waals surface area contributed by atoms with E-state index in [0.29, 0.717) is 35.9 Å². The normalized spacial score (nSPS) is 16.6. The minimum Gasteiger partial charge on any atom is -0.444 e. The van der Waals surface area contributed by atoms with Gasteiger partial charge in [0.1, 0.15) is 17.7 Å². The number of para-hydroxylation sites is 2. The molecule has 2 atom stereocenters. The summed E-state index contributed by atoms with van der Waals surface area (Å²) in [5.41, 5.74) is 2.28. The Hall–Kier alpha value is -4.86. The monoisotopic (exact) mass is 838 g/mol. The maximum Gasteiger partial charge on any atom is 0.411 e. The number of nitrogens with zero attached hydrogens (tertiary/aromatic N) is 5. The second kappa shape index (κ2) is 18.4. The maximum absolute atomic E-state index is 14.4. The molecule has 314 valence electrons. The van der Waals surface area contributed by atoms with Gasteiger partial charge in [-0.1, -0.05) is 60.1 Å². The van der Waals surface area contributed by atoms with E-state index < -0.39 is 45.3 Å². The van der Waals surface area contributed by atoms with Crippen LogP contribution >= 0.6 is 11.6 Å². The maximum atomic E-state index is 14.4. The van der Waals surface area contributed by atoms with Gasteiger partial charge in [0.25, 0.3) is 0 Å². The number of hydrogen-bond acceptors (Lipinski definition) is 9. The molecular formula is C42H55ClN6O8S. The molecule has 58 heavy (non-hydrogen) atoms. The molecule has 3 aromatic rings. The van der Waals surface area contributed by atoms with Crippen LogP contribution in [-0.4, -0.2) is 116 Å². The minimum absolute atomic E-state index is 0.00587. The fourth-order valence-electron chi connectivity index (χ4n) is 7.05. The molecule has 2 aliphatic rings. The number of fused-ring (bicyclic) bond motifs is 1. The van der Waals surface area contributed by atoms with Crippen LogP contribution in [0.1, 0.15) is 58.2 Å². The summed E-state index contributed by atoms with van der Waals surface area (Å²) < 4.78 is 33.3. The van der Waals surface area contributed by atoms with Crippen molar-refractivity contribution < 1.29 is 37.2 Å². The fourth-order valence-corrected chi connectivity index (χ4v) is 8.10. The van der Waals surface area contributed by atoms with Crippen molar-refractivity contribution in [2.75, 3.05) is 54.7 Å². The number of hydrogen-bond donors (Lipinski definition) is 1. The quantitative estimate of drug-likeness (QED) is 0.185. The summed E-state index contributed by atoms with van der Waals surface area (Å²) in [7, 11) is -3.79. The number of sulfonamides is 1. The number of anilines is 2. The molecule has 5 rings (SSSR count). The summed E-state index contributed by atoms with van der Waals surface area (Å²) in [5, 5.41) is 4.64. The van der Waals surface area contributed by atoms with Crippen LogP contribution in [0.3, 0.4) is 0 Å². The van der Waals surface area contributed by atoms with Gasteiger partial charge in [0.2, 0.25) is 28.2 Å². The first-order valence-electron chi connectivity index (χ1n) is 19.3. The molecule has 0 unspecified atom stereocenters. The highest BCUT2D eigenvalue weighted by atomic mass is 35.5. The van der Waals surface area contributed by atoms with Gasteiger partial charge in [-0.05, 0) is 82.5 Å². The lowest BCUT2D eigenvalue weighted by Crippen LogP contribution is -2.59. The summed E-state index contributed by atoms with van der Waals surface area (Å²) in [4.78, 5) is 64.8. The number of amides is 4. The second-order valence-corrected chi connectivity index (χ2v) is 18.9. The van der Waals surface area contributed by atoms with Gasteiger partial charge in [0.05, 0.1) is 42.9 Å². The molecular weight excluding hydrogens is 784 g/mol. The van der Waals surface area contributed by atoms with Crippen molar-refractivity contribution in [3.63, 3.8) is 0 Å². The Balaban J connectivity index is 1.35. The predicted octanol–water partition coefficient (Wildman–Crippen LogP) is 5.03. The number of benzene rings is 3. The Bertz CT molecular complexity index is 2040. The molecule has 4 amide bonds. The molecule has 16 heteroatoms. The lowest BCUT2D eigenvalue weighted by Gasteiger charge is -2.40. The van der Waals surface area contributed by atoms with E-state index in [1.54, 1.807) is 70.7 Å². The van der Waals surface area contributed by atoms with Gasteiger partial charge >= 0.3 is 6.09 Å². The average Bonchev–Trinajstić information content (AvgIpc) is 3.16. The third-order valence-electron chi connectivity index (χ3n) is 9.66. The van der Waals surface area contributed by atoms with E-state index in [1.165, 1.54) is 9.21 Å². The number of carbonyl (C=O) groups excluding carboxylic acids is 4. The molecule has 0 aliphatic carbocycles. The zero-order chi connectivity index (χ0) is 42.4. The topological polar surface area (TPSA) is 149 Å². The van der Waals surface area contributed by atoms with Crippen molar-refractivity contribution in [1.82, 2.24) is 20.2 Å². The zero-order valence-corrected chi connectivity index (χ0v) is 35.9. The lowest BCUT2D eigenvalue weighted by molar-refractivity contribution is -0.214. The molecule has 0 spiro atoms. The molecule has 0 saturated carbocycles. The van der Waals surface area contributed by atoms with Crippen LogP contribution in [-0.2, 0) is 53.4 Å². The summed E-state index contributed by atoms with van der Waals surface area (Å²) in [5.74, 6) is -0.760. The first-order chi connectivity index (χ1) is 27.2. The Kier molecular flexibility index (Phi) is 14.0. The summed E-state index contributed by atoms with van der Waals surface area (Å²) in [6.07, 6.45) is 1.46. The first kappa shape index (κ1) is 44.2. The van der Waals surface area contributed by atoms with Crippen LogP contribution < -0.4 is 14.5 Å². The highest BCUT2D eigenvalue weighted by Gasteiger charge is 2.39. The number of hydroxylamine groups is 2. The molecule has 0 bridgehead atoms. The van der Waals surface area contributed by atoms with E-state index in [2.05, 4.69) is 5.32 Å². The highest BCUT2D eigenvalue weighted by molar-refractivity contribution is 7.92. The molecule has 2 aliphatic heterocycles. The molecule has 0 radical (unpaired) electrons. The van der Waals surface area contributed by atoms with E-state index in [4.69, 9.17) is 21.2 Å². The molecule has 14 nitrogen and oxygen atoms in total. The van der Waals surface area contributed by atoms with Gasteiger partial charge in [-0.3, -0.25) is 28.4 Å². The van der Waals surface area contributed by atoms with E-state index >= 15 is 0 Å². The van der Waals surface area contributed by atoms with E-state index in [0.717, 1.165) is 28.0 Å². The molecule has 0 aromatic heterocycles. The van der Waals surface area contributed by atoms with Crippen LogP contribution in [0.15, 0.2) is 72.8 Å². The van der Waals surface area contributed by atoms with Crippen molar-refractivity contribution in [3.05, 3.63) is 94.5 Å². The Labute approximate surface area is 347 Å². The van der Waals surface area contributed by atoms with Gasteiger partial charge in [0, 0.05) is 44.0 Å². The number of halogens is 1. The molecule has 1 saturated heterocycles. The lowest BCUT2D eigenvalue weighted by atomic mass is 9.93. The number of carbonyl (C=O) groups is 4. The van der Waals surface area contributed by atoms with Crippen LogP contribution in [0.4, 0.5) is 16.2 Å². The minimum atomic E-state index is -3.79.